The van der Waals surface area contributed by atoms with Gasteiger partial charge in [0.2, 0.25) is 5.91 Å². The third-order valence-corrected chi connectivity index (χ3v) is 2.75. The highest BCUT2D eigenvalue weighted by Crippen LogP contribution is 2.33. The zero-order valence-electron chi connectivity index (χ0n) is 8.20. The number of nitriles is 1. The molecule has 2 rings (SSSR count). The van der Waals surface area contributed by atoms with Crippen molar-refractivity contribution in [1.82, 2.24) is 0 Å². The molecule has 0 spiro atoms. The Labute approximate surface area is 92.9 Å². The Hall–Kier alpha value is -1.53. The maximum Gasteiger partial charge on any atom is 0.225 e. The van der Waals surface area contributed by atoms with Crippen molar-refractivity contribution in [3.63, 3.8) is 0 Å². The highest BCUT2D eigenvalue weighted by atomic mass is 35.5. The largest absolute Gasteiger partial charge is 0.296 e. The Balaban J connectivity index is 2.50. The number of nitrogens with zero attached hydrogens (tertiary/aromatic N) is 2. The number of hydrogen-bond acceptors (Lipinski definition) is 2. The first-order chi connectivity index (χ1) is 7.13. The molecule has 0 radical (unpaired) electrons. The van der Waals surface area contributed by atoms with Gasteiger partial charge in [-0.15, -0.1) is 0 Å². The number of amides is 1. The molecule has 1 amide bonds. The van der Waals surface area contributed by atoms with Gasteiger partial charge in [0.1, 0.15) is 6.04 Å². The van der Waals surface area contributed by atoms with Crippen molar-refractivity contribution in [2.45, 2.75) is 19.4 Å². The van der Waals surface area contributed by atoms with Crippen LogP contribution in [0.5, 0.6) is 0 Å². The monoisotopic (exact) mass is 220 g/mol. The molecule has 0 N–H and O–H groups in total. The van der Waals surface area contributed by atoms with E-state index in [1.807, 2.05) is 6.07 Å². The summed E-state index contributed by atoms with van der Waals surface area (Å²) in [5, 5.41) is 9.58. The van der Waals surface area contributed by atoms with E-state index in [4.69, 9.17) is 16.9 Å². The van der Waals surface area contributed by atoms with Gasteiger partial charge in [-0.2, -0.15) is 5.26 Å². The van der Waals surface area contributed by atoms with E-state index < -0.39 is 6.04 Å². The first kappa shape index (κ1) is 10.0. The molecular formula is C11H9ClN2O. The lowest BCUT2D eigenvalue weighted by molar-refractivity contribution is -0.116. The number of rotatable bonds is 0. The lowest BCUT2D eigenvalue weighted by atomic mass is 10.1. The van der Waals surface area contributed by atoms with Gasteiger partial charge in [-0.1, -0.05) is 11.6 Å². The van der Waals surface area contributed by atoms with Gasteiger partial charge in [-0.05, 0) is 23.8 Å². The highest BCUT2D eigenvalue weighted by molar-refractivity contribution is 6.30. The summed E-state index contributed by atoms with van der Waals surface area (Å²) < 4.78 is 0. The van der Waals surface area contributed by atoms with Crippen LogP contribution < -0.4 is 4.90 Å². The third kappa shape index (κ3) is 1.57. The van der Waals surface area contributed by atoms with Gasteiger partial charge in [0, 0.05) is 24.1 Å². The fourth-order valence-electron chi connectivity index (χ4n) is 1.91. The molecule has 4 heteroatoms. The van der Waals surface area contributed by atoms with Crippen LogP contribution in [0.1, 0.15) is 12.5 Å². The summed E-state index contributed by atoms with van der Waals surface area (Å²) in [5.74, 6) is -0.109. The van der Waals surface area contributed by atoms with Crippen LogP contribution in [-0.4, -0.2) is 11.9 Å². The van der Waals surface area contributed by atoms with Crippen molar-refractivity contribution in [2.24, 2.45) is 0 Å². The molecule has 0 fully saturated rings. The van der Waals surface area contributed by atoms with Crippen LogP contribution in [0.4, 0.5) is 5.69 Å². The van der Waals surface area contributed by atoms with E-state index in [0.717, 1.165) is 11.3 Å². The van der Waals surface area contributed by atoms with Gasteiger partial charge < -0.3 is 0 Å². The van der Waals surface area contributed by atoms with Crippen molar-refractivity contribution in [2.75, 3.05) is 4.90 Å². The molecule has 0 aliphatic carbocycles. The molecule has 76 valence electrons. The van der Waals surface area contributed by atoms with Crippen LogP contribution in [0, 0.1) is 11.3 Å². The minimum Gasteiger partial charge on any atom is -0.296 e. The van der Waals surface area contributed by atoms with Crippen LogP contribution in [0.25, 0.3) is 0 Å². The Morgan fingerprint density at radius 2 is 2.40 bits per heavy atom. The van der Waals surface area contributed by atoms with E-state index in [1.165, 1.54) is 11.8 Å². The molecule has 1 aliphatic rings. The minimum atomic E-state index is -0.393. The molecule has 0 saturated heterocycles. The lowest BCUT2D eigenvalue weighted by Crippen LogP contribution is -2.34. The number of carbonyl (C=O) groups is 1. The number of halogens is 1. The average molecular weight is 221 g/mol. The molecule has 1 aromatic carbocycles. The van der Waals surface area contributed by atoms with Gasteiger partial charge in [0.05, 0.1) is 6.07 Å². The zero-order valence-corrected chi connectivity index (χ0v) is 8.95. The molecule has 0 aromatic heterocycles. The summed E-state index contributed by atoms with van der Waals surface area (Å²) in [6.07, 6.45) is 0.561. The average Bonchev–Trinajstić information content (AvgIpc) is 2.54. The molecule has 0 saturated carbocycles. The topological polar surface area (TPSA) is 44.1 Å². The van der Waals surface area contributed by atoms with Crippen molar-refractivity contribution in [3.8, 4) is 6.07 Å². The van der Waals surface area contributed by atoms with E-state index >= 15 is 0 Å². The van der Waals surface area contributed by atoms with E-state index in [9.17, 15) is 4.79 Å². The van der Waals surface area contributed by atoms with E-state index in [-0.39, 0.29) is 5.91 Å². The van der Waals surface area contributed by atoms with Crippen molar-refractivity contribution in [1.29, 1.82) is 5.26 Å². The molecule has 1 atom stereocenters. The van der Waals surface area contributed by atoms with Crippen molar-refractivity contribution >= 4 is 23.2 Å². The number of anilines is 1. The molecule has 1 aliphatic heterocycles. The Morgan fingerprint density at radius 3 is 3.00 bits per heavy atom. The summed E-state index contributed by atoms with van der Waals surface area (Å²) in [5.41, 5.74) is 1.77. The van der Waals surface area contributed by atoms with Crippen LogP contribution in [-0.2, 0) is 11.2 Å². The molecular weight excluding hydrogens is 212 g/mol. The SMILES string of the molecule is CC(=O)N1c2ccc(Cl)cc2CC1C#N. The fraction of sp³-hybridized carbons (Fsp3) is 0.273. The second-order valence-corrected chi connectivity index (χ2v) is 3.95. The maximum absolute atomic E-state index is 11.4. The molecule has 3 nitrogen and oxygen atoms in total. The number of fused-ring (bicyclic) bond motifs is 1. The van der Waals surface area contributed by atoms with Crippen molar-refractivity contribution < 1.29 is 4.79 Å². The van der Waals surface area contributed by atoms with Gasteiger partial charge in [0.15, 0.2) is 0 Å². The van der Waals surface area contributed by atoms with Gasteiger partial charge in [-0.25, -0.2) is 0 Å². The van der Waals surface area contributed by atoms with E-state index in [1.54, 1.807) is 12.1 Å². The maximum atomic E-state index is 11.4. The molecule has 0 bridgehead atoms. The van der Waals surface area contributed by atoms with Gasteiger partial charge >= 0.3 is 0 Å². The summed E-state index contributed by atoms with van der Waals surface area (Å²) in [6.45, 7) is 1.47. The van der Waals surface area contributed by atoms with E-state index in [0.29, 0.717) is 11.4 Å². The van der Waals surface area contributed by atoms with Crippen LogP contribution in [0.2, 0.25) is 5.02 Å². The van der Waals surface area contributed by atoms with Crippen molar-refractivity contribution in [3.05, 3.63) is 28.8 Å². The third-order valence-electron chi connectivity index (χ3n) is 2.51. The van der Waals surface area contributed by atoms with Gasteiger partial charge in [-0.3, -0.25) is 9.69 Å². The Kier molecular flexibility index (Phi) is 2.37. The molecule has 15 heavy (non-hydrogen) atoms. The zero-order chi connectivity index (χ0) is 11.0. The smallest absolute Gasteiger partial charge is 0.225 e. The summed E-state index contributed by atoms with van der Waals surface area (Å²) >= 11 is 5.86. The molecule has 1 heterocycles. The second-order valence-electron chi connectivity index (χ2n) is 3.51. The standard InChI is InChI=1S/C11H9ClN2O/c1-7(15)14-10(6-13)5-8-4-9(12)2-3-11(8)14/h2-4,10H,5H2,1H3. The molecule has 1 aromatic rings. The number of hydrogen-bond donors (Lipinski definition) is 0. The minimum absolute atomic E-state index is 0.109. The molecule has 1 unspecified atom stereocenters. The van der Waals surface area contributed by atoms with E-state index in [2.05, 4.69) is 6.07 Å². The normalized spacial score (nSPS) is 18.5. The first-order valence-corrected chi connectivity index (χ1v) is 4.99. The summed E-state index contributed by atoms with van der Waals surface area (Å²) in [6, 6.07) is 7.06. The van der Waals surface area contributed by atoms with Crippen LogP contribution >= 0.6 is 11.6 Å². The highest BCUT2D eigenvalue weighted by Gasteiger charge is 2.31. The number of benzene rings is 1. The summed E-state index contributed by atoms with van der Waals surface area (Å²) in [4.78, 5) is 12.9. The Bertz CT molecular complexity index is 464. The Morgan fingerprint density at radius 1 is 1.67 bits per heavy atom. The predicted octanol–water partition coefficient (Wildman–Crippen LogP) is 2.14. The fourth-order valence-corrected chi connectivity index (χ4v) is 2.11. The predicted molar refractivity (Wildman–Crippen MR) is 57.7 cm³/mol. The second kappa shape index (κ2) is 3.56. The van der Waals surface area contributed by atoms with Crippen LogP contribution in [0.15, 0.2) is 18.2 Å². The van der Waals surface area contributed by atoms with Gasteiger partial charge in [0.25, 0.3) is 0 Å². The first-order valence-electron chi connectivity index (χ1n) is 4.61. The quantitative estimate of drug-likeness (QED) is 0.673. The lowest BCUT2D eigenvalue weighted by Gasteiger charge is -2.18. The summed E-state index contributed by atoms with van der Waals surface area (Å²) in [7, 11) is 0. The number of carbonyl (C=O) groups excluding carboxylic acids is 1. The van der Waals surface area contributed by atoms with Crippen LogP contribution in [0.3, 0.4) is 0 Å².